The minimum atomic E-state index is -0.103. The van der Waals surface area contributed by atoms with Gasteiger partial charge >= 0.3 is 0 Å². The number of hydrogen-bond acceptors (Lipinski definition) is 4. The second-order valence-electron chi connectivity index (χ2n) is 5.67. The third-order valence-electron chi connectivity index (χ3n) is 4.07. The molecule has 0 aliphatic carbocycles. The molecule has 1 fully saturated rings. The van der Waals surface area contributed by atoms with E-state index < -0.39 is 0 Å². The summed E-state index contributed by atoms with van der Waals surface area (Å²) in [4.78, 5) is 14.4. The molecule has 3 atom stereocenters. The first-order valence-corrected chi connectivity index (χ1v) is 7.37. The summed E-state index contributed by atoms with van der Waals surface area (Å²) in [5.74, 6) is -0.0387. The Bertz CT molecular complexity index is 450. The van der Waals surface area contributed by atoms with Crippen molar-refractivity contribution in [3.8, 4) is 0 Å². The van der Waals surface area contributed by atoms with Gasteiger partial charge < -0.3 is 20.3 Å². The lowest BCUT2D eigenvalue weighted by Gasteiger charge is -2.26. The Morgan fingerprint density at radius 1 is 1.33 bits per heavy atom. The van der Waals surface area contributed by atoms with Gasteiger partial charge in [0.15, 0.2) is 0 Å². The molecule has 1 aromatic carbocycles. The topological polar surface area (TPSA) is 53.6 Å². The Hall–Kier alpha value is -1.43. The lowest BCUT2D eigenvalue weighted by molar-refractivity contribution is -0.125. The number of likely N-dealkylation sites (N-methyl/N-ethyl adjacent to an activating group) is 2. The number of ether oxygens (including phenoxy) is 1. The number of carbonyl (C=O) groups is 1. The molecule has 2 rings (SSSR count). The molecule has 1 amide bonds. The van der Waals surface area contributed by atoms with Crippen LogP contribution in [0.15, 0.2) is 30.3 Å². The minimum Gasteiger partial charge on any atom is -0.379 e. The van der Waals surface area contributed by atoms with Crippen LogP contribution in [0, 0.1) is 5.92 Å². The number of nitrogens with one attached hydrogen (secondary N) is 2. The summed E-state index contributed by atoms with van der Waals surface area (Å²) in [7, 11) is 5.92. The molecule has 1 aliphatic rings. The van der Waals surface area contributed by atoms with Crippen LogP contribution in [0.1, 0.15) is 11.6 Å². The van der Waals surface area contributed by atoms with Crippen LogP contribution in [-0.4, -0.2) is 57.8 Å². The number of hydrogen-bond donors (Lipinski definition) is 2. The summed E-state index contributed by atoms with van der Waals surface area (Å²) < 4.78 is 5.39. The van der Waals surface area contributed by atoms with Crippen molar-refractivity contribution in [1.29, 1.82) is 0 Å². The van der Waals surface area contributed by atoms with Crippen molar-refractivity contribution < 1.29 is 9.53 Å². The van der Waals surface area contributed by atoms with Crippen LogP contribution in [0.2, 0.25) is 0 Å². The average Bonchev–Trinajstić information content (AvgIpc) is 2.96. The SMILES string of the molecule is CNC1COCC1C(=O)NCC(c1ccccc1)N(C)C. The highest BCUT2D eigenvalue weighted by molar-refractivity contribution is 5.79. The number of carbonyl (C=O) groups excluding carboxylic acids is 1. The van der Waals surface area contributed by atoms with E-state index in [4.69, 9.17) is 4.74 Å². The van der Waals surface area contributed by atoms with Gasteiger partial charge in [-0.05, 0) is 26.7 Å². The Balaban J connectivity index is 1.95. The second kappa shape index (κ2) is 7.54. The molecule has 5 nitrogen and oxygen atoms in total. The Morgan fingerprint density at radius 3 is 2.67 bits per heavy atom. The molecule has 1 heterocycles. The zero-order valence-corrected chi connectivity index (χ0v) is 13.0. The van der Waals surface area contributed by atoms with E-state index in [0.29, 0.717) is 19.8 Å². The second-order valence-corrected chi connectivity index (χ2v) is 5.67. The van der Waals surface area contributed by atoms with Crippen molar-refractivity contribution in [2.75, 3.05) is 40.9 Å². The van der Waals surface area contributed by atoms with E-state index in [9.17, 15) is 4.79 Å². The Labute approximate surface area is 126 Å². The predicted octanol–water partition coefficient (Wildman–Crippen LogP) is 0.640. The third-order valence-corrected chi connectivity index (χ3v) is 4.07. The summed E-state index contributed by atoms with van der Waals surface area (Å²) in [6.07, 6.45) is 0. The highest BCUT2D eigenvalue weighted by atomic mass is 16.5. The summed E-state index contributed by atoms with van der Waals surface area (Å²) in [6.45, 7) is 1.70. The van der Waals surface area contributed by atoms with E-state index in [-0.39, 0.29) is 23.9 Å². The van der Waals surface area contributed by atoms with Crippen molar-refractivity contribution in [2.24, 2.45) is 5.92 Å². The van der Waals surface area contributed by atoms with Crippen LogP contribution in [-0.2, 0) is 9.53 Å². The van der Waals surface area contributed by atoms with Crippen LogP contribution in [0.5, 0.6) is 0 Å². The van der Waals surface area contributed by atoms with Crippen molar-refractivity contribution in [1.82, 2.24) is 15.5 Å². The maximum Gasteiger partial charge on any atom is 0.227 e. The molecule has 1 aromatic rings. The smallest absolute Gasteiger partial charge is 0.227 e. The fourth-order valence-electron chi connectivity index (χ4n) is 2.70. The Morgan fingerprint density at radius 2 is 2.05 bits per heavy atom. The quantitative estimate of drug-likeness (QED) is 0.808. The molecule has 2 N–H and O–H groups in total. The van der Waals surface area contributed by atoms with Gasteiger partial charge in [0.25, 0.3) is 0 Å². The van der Waals surface area contributed by atoms with E-state index >= 15 is 0 Å². The van der Waals surface area contributed by atoms with E-state index in [1.54, 1.807) is 0 Å². The first-order valence-electron chi connectivity index (χ1n) is 7.37. The van der Waals surface area contributed by atoms with Gasteiger partial charge in [-0.3, -0.25) is 4.79 Å². The summed E-state index contributed by atoms with van der Waals surface area (Å²) in [5.41, 5.74) is 1.20. The molecule has 1 saturated heterocycles. The van der Waals surface area contributed by atoms with Gasteiger partial charge in [-0.2, -0.15) is 0 Å². The normalized spacial score (nSPS) is 23.2. The number of amides is 1. The molecule has 0 saturated carbocycles. The molecule has 0 spiro atoms. The molecule has 1 aliphatic heterocycles. The van der Waals surface area contributed by atoms with Crippen molar-refractivity contribution >= 4 is 5.91 Å². The molecule has 5 heteroatoms. The van der Waals surface area contributed by atoms with Gasteiger partial charge in [-0.1, -0.05) is 30.3 Å². The summed E-state index contributed by atoms with van der Waals surface area (Å²) >= 11 is 0. The van der Waals surface area contributed by atoms with Gasteiger partial charge in [0.1, 0.15) is 0 Å². The predicted molar refractivity (Wildman–Crippen MR) is 83.0 cm³/mol. The highest BCUT2D eigenvalue weighted by Crippen LogP contribution is 2.18. The fourth-order valence-corrected chi connectivity index (χ4v) is 2.70. The molecule has 116 valence electrons. The van der Waals surface area contributed by atoms with Gasteiger partial charge in [-0.25, -0.2) is 0 Å². The number of benzene rings is 1. The van der Waals surface area contributed by atoms with Crippen molar-refractivity contribution in [3.05, 3.63) is 35.9 Å². The van der Waals surface area contributed by atoms with E-state index in [1.807, 2.05) is 39.3 Å². The molecule has 0 bridgehead atoms. The molecule has 21 heavy (non-hydrogen) atoms. The fraction of sp³-hybridized carbons (Fsp3) is 0.562. The van der Waals surface area contributed by atoms with E-state index in [2.05, 4.69) is 27.7 Å². The minimum absolute atomic E-state index is 0.0645. The number of rotatable bonds is 6. The largest absolute Gasteiger partial charge is 0.379 e. The average molecular weight is 291 g/mol. The van der Waals surface area contributed by atoms with Crippen LogP contribution in [0.25, 0.3) is 0 Å². The van der Waals surface area contributed by atoms with Crippen LogP contribution >= 0.6 is 0 Å². The standard InChI is InChI=1S/C16H25N3O2/c1-17-14-11-21-10-13(14)16(20)18-9-15(19(2)3)12-7-5-4-6-8-12/h4-8,13-15,17H,9-11H2,1-3H3,(H,18,20). The van der Waals surface area contributed by atoms with Crippen LogP contribution in [0.3, 0.4) is 0 Å². The monoisotopic (exact) mass is 291 g/mol. The maximum absolute atomic E-state index is 12.3. The number of nitrogens with zero attached hydrogens (tertiary/aromatic N) is 1. The highest BCUT2D eigenvalue weighted by Gasteiger charge is 2.33. The molecule has 0 aromatic heterocycles. The van der Waals surface area contributed by atoms with Gasteiger partial charge in [-0.15, -0.1) is 0 Å². The molecular formula is C16H25N3O2. The first kappa shape index (κ1) is 15.9. The lowest BCUT2D eigenvalue weighted by atomic mass is 10.0. The van der Waals surface area contributed by atoms with Gasteiger partial charge in [0.2, 0.25) is 5.91 Å². The van der Waals surface area contributed by atoms with Crippen LogP contribution < -0.4 is 10.6 Å². The first-order chi connectivity index (χ1) is 10.1. The maximum atomic E-state index is 12.3. The van der Waals surface area contributed by atoms with Crippen molar-refractivity contribution in [3.63, 3.8) is 0 Å². The lowest BCUT2D eigenvalue weighted by Crippen LogP contribution is -2.44. The molecular weight excluding hydrogens is 266 g/mol. The zero-order chi connectivity index (χ0) is 15.2. The van der Waals surface area contributed by atoms with E-state index in [1.165, 1.54) is 5.56 Å². The summed E-state index contributed by atoms with van der Waals surface area (Å²) in [6, 6.07) is 10.5. The van der Waals surface area contributed by atoms with E-state index in [0.717, 1.165) is 0 Å². The van der Waals surface area contributed by atoms with Crippen LogP contribution in [0.4, 0.5) is 0 Å². The molecule has 3 unspecified atom stereocenters. The van der Waals surface area contributed by atoms with Crippen molar-refractivity contribution in [2.45, 2.75) is 12.1 Å². The van der Waals surface area contributed by atoms with Gasteiger partial charge in [0.05, 0.1) is 25.2 Å². The van der Waals surface area contributed by atoms with Gasteiger partial charge in [0, 0.05) is 12.6 Å². The third kappa shape index (κ3) is 4.03. The molecule has 0 radical (unpaired) electrons. The Kier molecular flexibility index (Phi) is 5.73. The zero-order valence-electron chi connectivity index (χ0n) is 13.0. The summed E-state index contributed by atoms with van der Waals surface area (Å²) in [5, 5.41) is 6.21.